The quantitative estimate of drug-likeness (QED) is 0.796. The van der Waals surface area contributed by atoms with Crippen LogP contribution in [0.4, 0.5) is 0 Å². The lowest BCUT2D eigenvalue weighted by Crippen LogP contribution is -2.57. The zero-order valence-electron chi connectivity index (χ0n) is 15.9. The number of carbonyl (C=O) groups is 2. The number of nitrogens with zero attached hydrogens (tertiary/aromatic N) is 1. The lowest BCUT2D eigenvalue weighted by molar-refractivity contribution is -0.191. The van der Waals surface area contributed by atoms with Crippen LogP contribution in [0.1, 0.15) is 33.3 Å². The van der Waals surface area contributed by atoms with Crippen molar-refractivity contribution in [2.75, 3.05) is 13.7 Å². The number of esters is 1. The van der Waals surface area contributed by atoms with Crippen LogP contribution >= 0.6 is 0 Å². The number of amides is 1. The predicted octanol–water partition coefficient (Wildman–Crippen LogP) is 1.51. The molecule has 1 unspecified atom stereocenters. The maximum Gasteiger partial charge on any atom is 0.338 e. The van der Waals surface area contributed by atoms with Crippen molar-refractivity contribution in [2.24, 2.45) is 0 Å². The summed E-state index contributed by atoms with van der Waals surface area (Å²) < 4.78 is 15.8. The van der Waals surface area contributed by atoms with Gasteiger partial charge in [-0.25, -0.2) is 4.79 Å². The lowest BCUT2D eigenvalue weighted by atomic mass is 10.1. The summed E-state index contributed by atoms with van der Waals surface area (Å²) in [7, 11) is 1.59. The summed E-state index contributed by atoms with van der Waals surface area (Å²) in [6.07, 6.45) is -3.25. The van der Waals surface area contributed by atoms with Gasteiger partial charge in [-0.05, 0) is 45.4 Å². The Morgan fingerprint density at radius 2 is 1.96 bits per heavy atom. The normalized spacial score (nSPS) is 22.1. The van der Waals surface area contributed by atoms with Crippen LogP contribution in [0.15, 0.2) is 24.3 Å². The molecule has 0 aliphatic carbocycles. The van der Waals surface area contributed by atoms with Gasteiger partial charge in [0.1, 0.15) is 11.4 Å². The molecule has 1 aliphatic heterocycles. The molecule has 2 rings (SSSR count). The predicted molar refractivity (Wildman–Crippen MR) is 94.6 cm³/mol. The summed E-state index contributed by atoms with van der Waals surface area (Å²) in [5.74, 6) is -0.569. The van der Waals surface area contributed by atoms with Gasteiger partial charge in [0.05, 0.1) is 13.2 Å². The molecule has 26 heavy (non-hydrogen) atoms. The van der Waals surface area contributed by atoms with Crippen LogP contribution in [-0.2, 0) is 25.6 Å². The molecule has 1 N–H and O–H groups in total. The zero-order valence-corrected chi connectivity index (χ0v) is 15.9. The number of aliphatic hydroxyl groups excluding tert-OH is 1. The van der Waals surface area contributed by atoms with Gasteiger partial charge in [0.2, 0.25) is 0 Å². The third kappa shape index (κ3) is 5.19. The van der Waals surface area contributed by atoms with Crippen molar-refractivity contribution in [3.8, 4) is 5.75 Å². The summed E-state index contributed by atoms with van der Waals surface area (Å²) in [4.78, 5) is 26.4. The fourth-order valence-corrected chi connectivity index (χ4v) is 2.72. The molecule has 0 spiro atoms. The molecule has 1 fully saturated rings. The van der Waals surface area contributed by atoms with E-state index in [0.29, 0.717) is 13.1 Å². The SMILES string of the molecule is COc1ccc(CN2C[C@@H](C)O[C@H](C(O)C(=O)OC(C)(C)C)C2=O)cc1. The molecule has 0 bridgehead atoms. The van der Waals surface area contributed by atoms with E-state index in [1.165, 1.54) is 0 Å². The third-order valence-corrected chi connectivity index (χ3v) is 3.88. The third-order valence-electron chi connectivity index (χ3n) is 3.88. The van der Waals surface area contributed by atoms with Gasteiger partial charge in [0.25, 0.3) is 5.91 Å². The van der Waals surface area contributed by atoms with E-state index >= 15 is 0 Å². The molecule has 1 aromatic rings. The Labute approximate surface area is 153 Å². The Morgan fingerprint density at radius 1 is 1.35 bits per heavy atom. The van der Waals surface area contributed by atoms with Gasteiger partial charge >= 0.3 is 5.97 Å². The van der Waals surface area contributed by atoms with Crippen molar-refractivity contribution >= 4 is 11.9 Å². The minimum absolute atomic E-state index is 0.312. The van der Waals surface area contributed by atoms with E-state index in [1.54, 1.807) is 39.7 Å². The molecule has 7 nitrogen and oxygen atoms in total. The topological polar surface area (TPSA) is 85.3 Å². The number of aliphatic hydroxyl groups is 1. The molecule has 1 aliphatic rings. The maximum atomic E-state index is 12.7. The molecule has 1 heterocycles. The molecule has 144 valence electrons. The molecule has 0 radical (unpaired) electrons. The second-order valence-corrected chi connectivity index (χ2v) is 7.41. The summed E-state index contributed by atoms with van der Waals surface area (Å²) in [5, 5.41) is 10.3. The molecule has 1 saturated heterocycles. The number of benzene rings is 1. The molecule has 7 heteroatoms. The van der Waals surface area contributed by atoms with Crippen molar-refractivity contribution in [2.45, 2.75) is 58.2 Å². The maximum absolute atomic E-state index is 12.7. The van der Waals surface area contributed by atoms with E-state index in [4.69, 9.17) is 14.2 Å². The molecule has 3 atom stereocenters. The first-order valence-corrected chi connectivity index (χ1v) is 8.59. The first-order chi connectivity index (χ1) is 12.1. The average Bonchev–Trinajstić information content (AvgIpc) is 2.56. The molecular formula is C19H27NO6. The second-order valence-electron chi connectivity index (χ2n) is 7.41. The number of hydrogen-bond donors (Lipinski definition) is 1. The van der Waals surface area contributed by atoms with Crippen LogP contribution in [0, 0.1) is 0 Å². The average molecular weight is 365 g/mol. The summed E-state index contributed by atoms with van der Waals surface area (Å²) in [5.41, 5.74) is 0.156. The number of morpholine rings is 1. The number of ether oxygens (including phenoxy) is 3. The van der Waals surface area contributed by atoms with Gasteiger partial charge in [0, 0.05) is 13.1 Å². The Kier molecular flexibility index (Phi) is 6.26. The van der Waals surface area contributed by atoms with Crippen LogP contribution in [0.5, 0.6) is 5.75 Å². The van der Waals surface area contributed by atoms with E-state index in [2.05, 4.69) is 0 Å². The first-order valence-electron chi connectivity index (χ1n) is 8.59. The van der Waals surface area contributed by atoms with Crippen LogP contribution in [-0.4, -0.2) is 59.5 Å². The molecule has 1 amide bonds. The van der Waals surface area contributed by atoms with Gasteiger partial charge < -0.3 is 24.2 Å². The summed E-state index contributed by atoms with van der Waals surface area (Å²) >= 11 is 0. The van der Waals surface area contributed by atoms with Crippen molar-refractivity contribution in [1.82, 2.24) is 4.90 Å². The highest BCUT2D eigenvalue weighted by Gasteiger charge is 2.42. The minimum atomic E-state index is -1.66. The highest BCUT2D eigenvalue weighted by Crippen LogP contribution is 2.21. The number of carbonyl (C=O) groups excluding carboxylic acids is 2. The van der Waals surface area contributed by atoms with Gasteiger partial charge in [-0.15, -0.1) is 0 Å². The van der Waals surface area contributed by atoms with Crippen LogP contribution in [0.2, 0.25) is 0 Å². The van der Waals surface area contributed by atoms with Gasteiger partial charge in [-0.1, -0.05) is 12.1 Å². The Bertz CT molecular complexity index is 636. The fraction of sp³-hybridized carbons (Fsp3) is 0.579. The Hall–Kier alpha value is -2.12. The van der Waals surface area contributed by atoms with Gasteiger partial charge in [-0.2, -0.15) is 0 Å². The lowest BCUT2D eigenvalue weighted by Gasteiger charge is -2.37. The van der Waals surface area contributed by atoms with Crippen molar-refractivity contribution in [1.29, 1.82) is 0 Å². The standard InChI is InChI=1S/C19H27NO6/c1-12-10-20(11-13-6-8-14(24-5)9-7-13)17(22)16(25-12)15(21)18(23)26-19(2,3)4/h6-9,12,15-16,21H,10-11H2,1-5H3/t12-,15?,16-/m1/s1. The van der Waals surface area contributed by atoms with E-state index in [9.17, 15) is 14.7 Å². The van der Waals surface area contributed by atoms with E-state index in [-0.39, 0.29) is 6.10 Å². The van der Waals surface area contributed by atoms with Crippen molar-refractivity contribution in [3.05, 3.63) is 29.8 Å². The molecule has 0 saturated carbocycles. The van der Waals surface area contributed by atoms with E-state index in [1.807, 2.05) is 24.3 Å². The van der Waals surface area contributed by atoms with Crippen molar-refractivity contribution in [3.63, 3.8) is 0 Å². The van der Waals surface area contributed by atoms with Crippen LogP contribution < -0.4 is 4.74 Å². The van der Waals surface area contributed by atoms with E-state index in [0.717, 1.165) is 11.3 Å². The zero-order chi connectivity index (χ0) is 19.5. The Morgan fingerprint density at radius 3 is 2.50 bits per heavy atom. The first kappa shape index (κ1) is 20.2. The highest BCUT2D eigenvalue weighted by atomic mass is 16.6. The van der Waals surface area contributed by atoms with E-state index < -0.39 is 29.7 Å². The minimum Gasteiger partial charge on any atom is -0.497 e. The fourth-order valence-electron chi connectivity index (χ4n) is 2.72. The monoisotopic (exact) mass is 365 g/mol. The smallest absolute Gasteiger partial charge is 0.338 e. The highest BCUT2D eigenvalue weighted by molar-refractivity contribution is 5.89. The molecular weight excluding hydrogens is 338 g/mol. The van der Waals surface area contributed by atoms with Crippen LogP contribution in [0.25, 0.3) is 0 Å². The number of methoxy groups -OCH3 is 1. The summed E-state index contributed by atoms with van der Waals surface area (Å²) in [6.45, 7) is 7.61. The van der Waals surface area contributed by atoms with Gasteiger partial charge in [-0.3, -0.25) is 4.79 Å². The molecule has 0 aromatic heterocycles. The van der Waals surface area contributed by atoms with Gasteiger partial charge in [0.15, 0.2) is 12.2 Å². The molecule has 1 aromatic carbocycles. The number of rotatable bonds is 5. The number of hydrogen-bond acceptors (Lipinski definition) is 6. The van der Waals surface area contributed by atoms with Crippen LogP contribution in [0.3, 0.4) is 0 Å². The van der Waals surface area contributed by atoms with Crippen molar-refractivity contribution < 1.29 is 28.9 Å². The Balaban J connectivity index is 2.09. The second kappa shape index (κ2) is 8.05. The largest absolute Gasteiger partial charge is 0.497 e. The summed E-state index contributed by atoms with van der Waals surface area (Å²) in [6, 6.07) is 7.37.